The number of carbonyl (C=O) groups excluding carboxylic acids is 3. The lowest BCUT2D eigenvalue weighted by Crippen LogP contribution is -2.54. The van der Waals surface area contributed by atoms with E-state index in [0.29, 0.717) is 12.1 Å². The van der Waals surface area contributed by atoms with Crippen molar-refractivity contribution in [1.29, 1.82) is 0 Å². The molecule has 3 unspecified atom stereocenters. The third kappa shape index (κ3) is 4.20. The summed E-state index contributed by atoms with van der Waals surface area (Å²) in [5, 5.41) is 12.5. The van der Waals surface area contributed by atoms with Gasteiger partial charge in [0.15, 0.2) is 0 Å². The van der Waals surface area contributed by atoms with Gasteiger partial charge in [-0.15, -0.1) is 11.8 Å². The van der Waals surface area contributed by atoms with E-state index in [0.717, 1.165) is 25.2 Å². The Kier molecular flexibility index (Phi) is 7.66. The van der Waals surface area contributed by atoms with Crippen LogP contribution in [0.25, 0.3) is 0 Å². The normalized spacial score (nSPS) is 30.9. The third-order valence-corrected chi connectivity index (χ3v) is 9.95. The van der Waals surface area contributed by atoms with Gasteiger partial charge in [-0.05, 0) is 63.8 Å². The molecule has 8 nitrogen and oxygen atoms in total. The summed E-state index contributed by atoms with van der Waals surface area (Å²) in [5.41, 5.74) is 1.76. The Morgan fingerprint density at radius 2 is 1.91 bits per heavy atom. The molecule has 2 N–H and O–H groups in total. The Morgan fingerprint density at radius 3 is 2.51 bits per heavy atom. The van der Waals surface area contributed by atoms with Gasteiger partial charge in [0.1, 0.15) is 6.04 Å². The summed E-state index contributed by atoms with van der Waals surface area (Å²) in [4.78, 5) is 44.3. The van der Waals surface area contributed by atoms with Crippen LogP contribution in [0.5, 0.6) is 0 Å². The topological polar surface area (TPSA) is 99.2 Å². The molecule has 3 aliphatic rings. The third-order valence-electron chi connectivity index (χ3n) is 7.87. The highest BCUT2D eigenvalue weighted by Crippen LogP contribution is 2.68. The molecule has 3 fully saturated rings. The number of hydrogen-bond donors (Lipinski definition) is 2. The molecular formula is C26H37N3O5S. The van der Waals surface area contributed by atoms with Gasteiger partial charge in [0, 0.05) is 42.9 Å². The number of aliphatic hydroxyl groups is 1. The second-order valence-electron chi connectivity index (χ2n) is 9.62. The number of benzene rings is 1. The first-order valence-corrected chi connectivity index (χ1v) is 13.6. The van der Waals surface area contributed by atoms with Gasteiger partial charge < -0.3 is 25.0 Å². The van der Waals surface area contributed by atoms with Crippen LogP contribution in [0.3, 0.4) is 0 Å². The van der Waals surface area contributed by atoms with Crippen LogP contribution in [0.4, 0.5) is 11.4 Å². The van der Waals surface area contributed by atoms with Crippen molar-refractivity contribution >= 4 is 40.9 Å². The van der Waals surface area contributed by atoms with E-state index < -0.39 is 22.6 Å². The maximum Gasteiger partial charge on any atom is 0.310 e. The summed E-state index contributed by atoms with van der Waals surface area (Å²) in [6.45, 7) is 10.3. The maximum absolute atomic E-state index is 13.8. The van der Waals surface area contributed by atoms with Crippen LogP contribution in [0.1, 0.15) is 40.5 Å². The van der Waals surface area contributed by atoms with Gasteiger partial charge in [-0.1, -0.05) is 6.92 Å². The Bertz CT molecular complexity index is 953. The number of rotatable bonds is 10. The average Bonchev–Trinajstić information content (AvgIpc) is 3.43. The zero-order valence-corrected chi connectivity index (χ0v) is 21.8. The predicted molar refractivity (Wildman–Crippen MR) is 137 cm³/mol. The molecule has 3 aliphatic heterocycles. The fourth-order valence-corrected chi connectivity index (χ4v) is 8.77. The van der Waals surface area contributed by atoms with Crippen LogP contribution in [0.15, 0.2) is 24.3 Å². The van der Waals surface area contributed by atoms with E-state index in [9.17, 15) is 19.5 Å². The lowest BCUT2D eigenvalue weighted by molar-refractivity contribution is -0.154. The van der Waals surface area contributed by atoms with Crippen LogP contribution >= 0.6 is 11.8 Å². The van der Waals surface area contributed by atoms with Crippen molar-refractivity contribution in [2.24, 2.45) is 17.8 Å². The highest BCUT2D eigenvalue weighted by Gasteiger charge is 2.76. The second kappa shape index (κ2) is 10.4. The molecule has 0 aromatic heterocycles. The molecule has 1 spiro atoms. The molecule has 2 bridgehead atoms. The summed E-state index contributed by atoms with van der Waals surface area (Å²) in [6, 6.07) is 7.04. The van der Waals surface area contributed by atoms with Gasteiger partial charge in [-0.3, -0.25) is 14.4 Å². The fraction of sp³-hybridized carbons (Fsp3) is 0.654. The quantitative estimate of drug-likeness (QED) is 0.474. The Hall–Kier alpha value is -2.26. The number of anilines is 2. The summed E-state index contributed by atoms with van der Waals surface area (Å²) >= 11 is 1.63. The minimum Gasteiger partial charge on any atom is -0.466 e. The van der Waals surface area contributed by atoms with Crippen molar-refractivity contribution in [3.05, 3.63) is 24.3 Å². The molecule has 35 heavy (non-hydrogen) atoms. The number of amides is 2. The summed E-state index contributed by atoms with van der Waals surface area (Å²) in [7, 11) is 0. The summed E-state index contributed by atoms with van der Waals surface area (Å²) < 4.78 is 4.68. The standard InChI is InChI=1S/C26H37N3O5S/c1-5-28(6-2)18-11-9-17(10-12-18)27-23(31)22-26-16(4)15-19(35-26)20(25(33)34-7-3)21(26)24(32)29(22)13-8-14-30/h9-12,16,19-22,30H,5-8,13-15H2,1-4H3,(H,27,31)/t16?,19-,20+,21+,22?,26?/m1/s1. The van der Waals surface area contributed by atoms with Crippen molar-refractivity contribution < 1.29 is 24.2 Å². The number of carbonyl (C=O) groups is 3. The zero-order chi connectivity index (χ0) is 25.3. The van der Waals surface area contributed by atoms with Crippen molar-refractivity contribution in [2.75, 3.05) is 43.1 Å². The van der Waals surface area contributed by atoms with Gasteiger partial charge in [0.25, 0.3) is 0 Å². The largest absolute Gasteiger partial charge is 0.466 e. The average molecular weight is 504 g/mol. The Balaban J connectivity index is 1.64. The molecule has 0 aliphatic carbocycles. The molecule has 3 saturated heterocycles. The first-order valence-electron chi connectivity index (χ1n) is 12.8. The number of esters is 1. The zero-order valence-electron chi connectivity index (χ0n) is 21.0. The van der Waals surface area contributed by atoms with Crippen LogP contribution in [-0.4, -0.2) is 76.7 Å². The van der Waals surface area contributed by atoms with Crippen LogP contribution in [0.2, 0.25) is 0 Å². The number of ether oxygens (including phenoxy) is 1. The monoisotopic (exact) mass is 503 g/mol. The van der Waals surface area contributed by atoms with E-state index in [-0.39, 0.29) is 48.7 Å². The number of nitrogens with zero attached hydrogens (tertiary/aromatic N) is 2. The van der Waals surface area contributed by atoms with Gasteiger partial charge in [0.05, 0.1) is 23.2 Å². The lowest BCUT2D eigenvalue weighted by Gasteiger charge is -2.38. The molecule has 0 saturated carbocycles. The molecule has 4 rings (SSSR count). The van der Waals surface area contributed by atoms with E-state index >= 15 is 0 Å². The first-order chi connectivity index (χ1) is 16.8. The number of aliphatic hydroxyl groups excluding tert-OH is 1. The van der Waals surface area contributed by atoms with E-state index in [2.05, 4.69) is 31.0 Å². The first kappa shape index (κ1) is 25.8. The van der Waals surface area contributed by atoms with E-state index in [1.807, 2.05) is 24.3 Å². The molecule has 1 aromatic rings. The molecule has 1 aromatic carbocycles. The number of fused-ring (bicyclic) bond motifs is 1. The van der Waals surface area contributed by atoms with E-state index in [1.165, 1.54) is 0 Å². The van der Waals surface area contributed by atoms with Crippen LogP contribution in [-0.2, 0) is 19.1 Å². The van der Waals surface area contributed by atoms with Gasteiger partial charge in [0.2, 0.25) is 11.8 Å². The van der Waals surface area contributed by atoms with Crippen molar-refractivity contribution in [3.8, 4) is 0 Å². The fourth-order valence-electron chi connectivity index (χ4n) is 6.36. The minimum atomic E-state index is -0.710. The molecule has 192 valence electrons. The smallest absolute Gasteiger partial charge is 0.310 e. The molecule has 9 heteroatoms. The SMILES string of the molecule is CCOC(=O)[C@@H]1[C@H]2C(=O)N(CCCO)C(C(=O)Nc3ccc(N(CC)CC)cc3)C23S[C@@H]1CC3C. The highest BCUT2D eigenvalue weighted by molar-refractivity contribution is 8.02. The number of hydrogen-bond acceptors (Lipinski definition) is 7. The molecule has 2 amide bonds. The molecule has 3 heterocycles. The molecular weight excluding hydrogens is 466 g/mol. The molecule has 6 atom stereocenters. The minimum absolute atomic E-state index is 0.0263. The van der Waals surface area contributed by atoms with Crippen molar-refractivity contribution in [1.82, 2.24) is 4.90 Å². The second-order valence-corrected chi connectivity index (χ2v) is 11.2. The van der Waals surface area contributed by atoms with E-state index in [4.69, 9.17) is 4.74 Å². The number of likely N-dealkylation sites (tertiary alicyclic amines) is 1. The van der Waals surface area contributed by atoms with Crippen molar-refractivity contribution in [3.63, 3.8) is 0 Å². The van der Waals surface area contributed by atoms with Crippen LogP contribution in [0, 0.1) is 17.8 Å². The lowest BCUT2D eigenvalue weighted by atomic mass is 9.66. The predicted octanol–water partition coefficient (Wildman–Crippen LogP) is 2.75. The van der Waals surface area contributed by atoms with Crippen LogP contribution < -0.4 is 10.2 Å². The van der Waals surface area contributed by atoms with Gasteiger partial charge in [-0.25, -0.2) is 0 Å². The molecule has 0 radical (unpaired) electrons. The highest BCUT2D eigenvalue weighted by atomic mass is 32.2. The maximum atomic E-state index is 13.8. The van der Waals surface area contributed by atoms with E-state index in [1.54, 1.807) is 23.6 Å². The number of thioether (sulfide) groups is 1. The van der Waals surface area contributed by atoms with Crippen molar-refractivity contribution in [2.45, 2.75) is 56.6 Å². The number of nitrogens with one attached hydrogen (secondary N) is 1. The Labute approximate surface area is 211 Å². The summed E-state index contributed by atoms with van der Waals surface area (Å²) in [6.07, 6.45) is 1.15. The van der Waals surface area contributed by atoms with Gasteiger partial charge in [-0.2, -0.15) is 0 Å². The van der Waals surface area contributed by atoms with Gasteiger partial charge >= 0.3 is 5.97 Å². The summed E-state index contributed by atoms with van der Waals surface area (Å²) in [5.74, 6) is -1.77. The Morgan fingerprint density at radius 1 is 1.23 bits per heavy atom.